The van der Waals surface area contributed by atoms with E-state index in [1.165, 1.54) is 24.1 Å². The number of nitrogens with one attached hydrogen (secondary N) is 1. The van der Waals surface area contributed by atoms with Gasteiger partial charge in [-0.2, -0.15) is 4.31 Å². The number of amides is 2. The average molecular weight is 590 g/mol. The van der Waals surface area contributed by atoms with Gasteiger partial charge >= 0.3 is 0 Å². The summed E-state index contributed by atoms with van der Waals surface area (Å²) in [6.45, 7) is 4.73. The van der Waals surface area contributed by atoms with Crippen LogP contribution in [-0.4, -0.2) is 54.6 Å². The van der Waals surface area contributed by atoms with Gasteiger partial charge in [0.05, 0.1) is 11.4 Å². The third-order valence-corrected chi connectivity index (χ3v) is 8.65. The summed E-state index contributed by atoms with van der Waals surface area (Å²) in [4.78, 5) is 29.0. The molecule has 0 aliphatic heterocycles. The van der Waals surface area contributed by atoms with Gasteiger partial charge in [-0.25, -0.2) is 12.8 Å². The summed E-state index contributed by atoms with van der Waals surface area (Å²) in [6.07, 6.45) is 0.157. The third kappa shape index (κ3) is 7.60. The monoisotopic (exact) mass is 589 g/mol. The van der Waals surface area contributed by atoms with Crippen LogP contribution in [0.2, 0.25) is 0 Å². The zero-order valence-electron chi connectivity index (χ0n) is 24.2. The van der Waals surface area contributed by atoms with Crippen LogP contribution in [0.25, 0.3) is 10.8 Å². The lowest BCUT2D eigenvalue weighted by molar-refractivity contribution is -0.142. The Kier molecular flexibility index (Phi) is 9.43. The minimum absolute atomic E-state index is 0.0449. The Balaban J connectivity index is 1.69. The fraction of sp³-hybridized carbons (Fsp3) is 0.273. The van der Waals surface area contributed by atoms with Crippen LogP contribution in [0.4, 0.5) is 4.39 Å². The second-order valence-electron chi connectivity index (χ2n) is 11.3. The van der Waals surface area contributed by atoms with Crippen molar-refractivity contribution in [2.75, 3.05) is 13.6 Å². The van der Waals surface area contributed by atoms with Gasteiger partial charge in [-0.15, -0.1) is 0 Å². The maximum atomic E-state index is 14.8. The molecule has 42 heavy (non-hydrogen) atoms. The van der Waals surface area contributed by atoms with Crippen molar-refractivity contribution in [1.29, 1.82) is 0 Å². The number of nitrogens with zero attached hydrogens (tertiary/aromatic N) is 2. The van der Waals surface area contributed by atoms with E-state index >= 15 is 0 Å². The molecular weight excluding hydrogens is 553 g/mol. The van der Waals surface area contributed by atoms with Crippen molar-refractivity contribution in [3.63, 3.8) is 0 Å². The smallest absolute Gasteiger partial charge is 0.243 e. The van der Waals surface area contributed by atoms with Gasteiger partial charge < -0.3 is 10.2 Å². The molecule has 0 heterocycles. The molecule has 7 nitrogen and oxygen atoms in total. The molecule has 2 amide bonds. The lowest BCUT2D eigenvalue weighted by atomic mass is 10.0. The number of carbonyl (C=O) groups excluding carboxylic acids is 2. The second-order valence-corrected chi connectivity index (χ2v) is 13.4. The van der Waals surface area contributed by atoms with Crippen molar-refractivity contribution >= 4 is 32.6 Å². The maximum absolute atomic E-state index is 14.8. The molecule has 4 aromatic carbocycles. The van der Waals surface area contributed by atoms with Crippen molar-refractivity contribution in [3.05, 3.63) is 114 Å². The number of fused-ring (bicyclic) bond motifs is 1. The summed E-state index contributed by atoms with van der Waals surface area (Å²) in [6, 6.07) is 26.4. The van der Waals surface area contributed by atoms with E-state index < -0.39 is 45.8 Å². The fourth-order valence-corrected chi connectivity index (χ4v) is 5.85. The summed E-state index contributed by atoms with van der Waals surface area (Å²) in [5.74, 6) is -1.58. The Bertz CT molecular complexity index is 1670. The fourth-order valence-electron chi connectivity index (χ4n) is 4.69. The van der Waals surface area contributed by atoms with E-state index in [1.54, 1.807) is 30.3 Å². The molecule has 9 heteroatoms. The summed E-state index contributed by atoms with van der Waals surface area (Å²) >= 11 is 0. The van der Waals surface area contributed by atoms with Gasteiger partial charge in [0, 0.05) is 31.1 Å². The highest BCUT2D eigenvalue weighted by Crippen LogP contribution is 2.23. The molecule has 0 aliphatic rings. The number of carbonyl (C=O) groups is 2. The van der Waals surface area contributed by atoms with E-state index in [9.17, 15) is 22.4 Å². The van der Waals surface area contributed by atoms with E-state index in [2.05, 4.69) is 5.32 Å². The van der Waals surface area contributed by atoms with E-state index in [0.717, 1.165) is 20.6 Å². The molecule has 0 bridgehead atoms. The maximum Gasteiger partial charge on any atom is 0.243 e. The third-order valence-electron chi connectivity index (χ3n) is 6.85. The molecule has 0 radical (unpaired) electrons. The summed E-state index contributed by atoms with van der Waals surface area (Å²) in [5.41, 5.74) is 0.414. The SMILES string of the molecule is CN(CC(=O)N(Cc1ccccc1F)C(Cc1ccccc1)C(=O)NC(C)(C)C)S(=O)(=O)c1ccc2ccccc2c1. The number of likely N-dealkylation sites (N-methyl/N-ethyl adjacent to an activating group) is 1. The molecule has 220 valence electrons. The number of sulfonamides is 1. The molecule has 0 aliphatic carbocycles. The minimum atomic E-state index is -4.06. The molecule has 0 fully saturated rings. The highest BCUT2D eigenvalue weighted by molar-refractivity contribution is 7.89. The van der Waals surface area contributed by atoms with Gasteiger partial charge in [0.25, 0.3) is 0 Å². The Labute approximate surface area is 247 Å². The molecule has 1 N–H and O–H groups in total. The highest BCUT2D eigenvalue weighted by Gasteiger charge is 2.34. The van der Waals surface area contributed by atoms with Gasteiger partial charge in [0.1, 0.15) is 11.9 Å². The van der Waals surface area contributed by atoms with Crippen molar-refractivity contribution in [2.45, 2.75) is 50.2 Å². The van der Waals surface area contributed by atoms with Crippen LogP contribution in [0.1, 0.15) is 31.9 Å². The first kappa shape index (κ1) is 30.9. The van der Waals surface area contributed by atoms with Crippen molar-refractivity contribution in [2.24, 2.45) is 0 Å². The van der Waals surface area contributed by atoms with Crippen LogP contribution in [0.15, 0.2) is 102 Å². The van der Waals surface area contributed by atoms with Crippen molar-refractivity contribution < 1.29 is 22.4 Å². The normalized spacial score (nSPS) is 12.7. The first-order chi connectivity index (χ1) is 19.8. The first-order valence-corrected chi connectivity index (χ1v) is 15.1. The molecule has 4 aromatic rings. The Morgan fingerprint density at radius 2 is 1.48 bits per heavy atom. The number of rotatable bonds is 10. The van der Waals surface area contributed by atoms with Gasteiger partial charge in [0.2, 0.25) is 21.8 Å². The van der Waals surface area contributed by atoms with Crippen LogP contribution in [-0.2, 0) is 32.6 Å². The Morgan fingerprint density at radius 3 is 2.14 bits per heavy atom. The standard InChI is InChI=1S/C33H36FN3O4S/c1-33(2,3)35-32(39)30(20-24-12-6-5-7-13-24)37(22-27-16-10-11-17-29(27)34)31(38)23-36(4)42(40,41)28-19-18-25-14-8-9-15-26(25)21-28/h5-19,21,30H,20,22-23H2,1-4H3,(H,35,39). The number of hydrogen-bond acceptors (Lipinski definition) is 4. The van der Waals surface area contributed by atoms with E-state index in [0.29, 0.717) is 0 Å². The molecule has 4 rings (SSSR count). The Morgan fingerprint density at radius 1 is 0.857 bits per heavy atom. The average Bonchev–Trinajstić information content (AvgIpc) is 2.95. The predicted octanol–water partition coefficient (Wildman–Crippen LogP) is 5.15. The van der Waals surface area contributed by atoms with Crippen LogP contribution in [0, 0.1) is 5.82 Å². The zero-order chi connectivity index (χ0) is 30.5. The van der Waals surface area contributed by atoms with Crippen molar-refractivity contribution in [3.8, 4) is 0 Å². The van der Waals surface area contributed by atoms with E-state index in [4.69, 9.17) is 0 Å². The quantitative estimate of drug-likeness (QED) is 0.277. The second kappa shape index (κ2) is 12.8. The van der Waals surface area contributed by atoms with Gasteiger partial charge in [-0.05, 0) is 55.3 Å². The lowest BCUT2D eigenvalue weighted by Crippen LogP contribution is -2.56. The number of halogens is 1. The van der Waals surface area contributed by atoms with Crippen LogP contribution < -0.4 is 5.32 Å². The van der Waals surface area contributed by atoms with Crippen molar-refractivity contribution in [1.82, 2.24) is 14.5 Å². The van der Waals surface area contributed by atoms with Gasteiger partial charge in [-0.1, -0.05) is 78.9 Å². The molecule has 0 aromatic heterocycles. The molecule has 0 saturated heterocycles. The number of hydrogen-bond donors (Lipinski definition) is 1. The number of benzene rings is 4. The van der Waals surface area contributed by atoms with Crippen LogP contribution >= 0.6 is 0 Å². The highest BCUT2D eigenvalue weighted by atomic mass is 32.2. The molecule has 0 saturated carbocycles. The largest absolute Gasteiger partial charge is 0.350 e. The molecule has 1 atom stereocenters. The summed E-state index contributed by atoms with van der Waals surface area (Å²) in [5, 5.41) is 4.58. The molecular formula is C33H36FN3O4S. The minimum Gasteiger partial charge on any atom is -0.350 e. The summed E-state index contributed by atoms with van der Waals surface area (Å²) in [7, 11) is -2.74. The van der Waals surface area contributed by atoms with Gasteiger partial charge in [-0.3, -0.25) is 9.59 Å². The van der Waals surface area contributed by atoms with E-state index in [-0.39, 0.29) is 23.4 Å². The van der Waals surface area contributed by atoms with Crippen LogP contribution in [0.5, 0.6) is 0 Å². The van der Waals surface area contributed by atoms with Crippen LogP contribution in [0.3, 0.4) is 0 Å². The summed E-state index contributed by atoms with van der Waals surface area (Å²) < 4.78 is 42.9. The topological polar surface area (TPSA) is 86.8 Å². The van der Waals surface area contributed by atoms with E-state index in [1.807, 2.05) is 75.4 Å². The predicted molar refractivity (Wildman–Crippen MR) is 163 cm³/mol. The Hall–Kier alpha value is -4.08. The molecule has 0 spiro atoms. The van der Waals surface area contributed by atoms with Gasteiger partial charge in [0.15, 0.2) is 0 Å². The zero-order valence-corrected chi connectivity index (χ0v) is 25.1. The first-order valence-electron chi connectivity index (χ1n) is 13.7. The lowest BCUT2D eigenvalue weighted by Gasteiger charge is -2.34. The molecule has 1 unspecified atom stereocenters.